The van der Waals surface area contributed by atoms with E-state index in [2.05, 4.69) is 0 Å². The number of amides is 1. The van der Waals surface area contributed by atoms with Gasteiger partial charge in [-0.05, 0) is 12.8 Å². The molecule has 1 saturated carbocycles. The van der Waals surface area contributed by atoms with Crippen LogP contribution in [0.3, 0.4) is 0 Å². The van der Waals surface area contributed by atoms with E-state index < -0.39 is 11.9 Å². The number of carboxylic acids is 1. The number of rotatable bonds is 4. The number of carbonyl (C=O) groups excluding carboxylic acids is 1. The SMILES string of the molecule is CN(CC1CCOC1)C(=O)C1CC1C(=O)O. The van der Waals surface area contributed by atoms with E-state index in [4.69, 9.17) is 9.84 Å². The van der Waals surface area contributed by atoms with Crippen LogP contribution in [0.2, 0.25) is 0 Å². The van der Waals surface area contributed by atoms with Crippen LogP contribution < -0.4 is 0 Å². The molecule has 0 aromatic carbocycles. The Balaban J connectivity index is 1.79. The van der Waals surface area contributed by atoms with Gasteiger partial charge < -0.3 is 14.7 Å². The molecule has 0 spiro atoms. The summed E-state index contributed by atoms with van der Waals surface area (Å²) in [6, 6.07) is 0. The molecule has 3 unspecified atom stereocenters. The monoisotopic (exact) mass is 227 g/mol. The van der Waals surface area contributed by atoms with Gasteiger partial charge in [0.05, 0.1) is 18.4 Å². The minimum absolute atomic E-state index is 0.0284. The maximum atomic E-state index is 11.8. The fourth-order valence-electron chi connectivity index (χ4n) is 2.23. The summed E-state index contributed by atoms with van der Waals surface area (Å²) in [5.41, 5.74) is 0. The Morgan fingerprint density at radius 3 is 2.69 bits per heavy atom. The summed E-state index contributed by atoms with van der Waals surface area (Å²) in [5, 5.41) is 8.75. The van der Waals surface area contributed by atoms with E-state index in [0.717, 1.165) is 13.0 Å². The van der Waals surface area contributed by atoms with Gasteiger partial charge in [-0.15, -0.1) is 0 Å². The number of ether oxygens (including phenoxy) is 1. The molecule has 1 N–H and O–H groups in total. The van der Waals surface area contributed by atoms with E-state index in [1.54, 1.807) is 11.9 Å². The van der Waals surface area contributed by atoms with Crippen LogP contribution in [0, 0.1) is 17.8 Å². The zero-order chi connectivity index (χ0) is 11.7. The molecule has 0 aromatic rings. The van der Waals surface area contributed by atoms with Crippen LogP contribution in [0.15, 0.2) is 0 Å². The van der Waals surface area contributed by atoms with Gasteiger partial charge in [0.15, 0.2) is 0 Å². The lowest BCUT2D eigenvalue weighted by Crippen LogP contribution is -2.33. The lowest BCUT2D eigenvalue weighted by molar-refractivity contribution is -0.141. The molecule has 90 valence electrons. The van der Waals surface area contributed by atoms with Gasteiger partial charge in [0, 0.05) is 26.1 Å². The predicted octanol–water partition coefficient (Wildman–Crippen LogP) is 0.202. The molecule has 16 heavy (non-hydrogen) atoms. The molecule has 0 aromatic heterocycles. The summed E-state index contributed by atoms with van der Waals surface area (Å²) >= 11 is 0. The average Bonchev–Trinajstić information content (AvgIpc) is 2.89. The minimum Gasteiger partial charge on any atom is -0.481 e. The quantitative estimate of drug-likeness (QED) is 0.745. The topological polar surface area (TPSA) is 66.8 Å². The van der Waals surface area contributed by atoms with E-state index in [-0.39, 0.29) is 11.8 Å². The molecular weight excluding hydrogens is 210 g/mol. The van der Waals surface area contributed by atoms with Crippen molar-refractivity contribution >= 4 is 11.9 Å². The van der Waals surface area contributed by atoms with Crippen molar-refractivity contribution in [3.05, 3.63) is 0 Å². The Kier molecular flexibility index (Phi) is 3.14. The van der Waals surface area contributed by atoms with Gasteiger partial charge in [-0.2, -0.15) is 0 Å². The van der Waals surface area contributed by atoms with Crippen LogP contribution in [0.1, 0.15) is 12.8 Å². The number of carboxylic acid groups (broad SMARTS) is 1. The Hall–Kier alpha value is -1.10. The molecule has 2 aliphatic rings. The third-order valence-electron chi connectivity index (χ3n) is 3.36. The summed E-state index contributed by atoms with van der Waals surface area (Å²) in [5.74, 6) is -1.20. The normalized spacial score (nSPS) is 32.4. The van der Waals surface area contributed by atoms with Gasteiger partial charge >= 0.3 is 5.97 Å². The van der Waals surface area contributed by atoms with Crippen molar-refractivity contribution < 1.29 is 19.4 Å². The van der Waals surface area contributed by atoms with Crippen molar-refractivity contribution in [1.82, 2.24) is 4.90 Å². The molecule has 1 heterocycles. The van der Waals surface area contributed by atoms with Crippen LogP contribution in [0.4, 0.5) is 0 Å². The van der Waals surface area contributed by atoms with E-state index in [1.807, 2.05) is 0 Å². The lowest BCUT2D eigenvalue weighted by Gasteiger charge is -2.20. The Morgan fingerprint density at radius 2 is 2.19 bits per heavy atom. The number of hydrogen-bond acceptors (Lipinski definition) is 3. The molecule has 5 heteroatoms. The predicted molar refractivity (Wildman–Crippen MR) is 55.8 cm³/mol. The van der Waals surface area contributed by atoms with E-state index in [0.29, 0.717) is 25.5 Å². The standard InChI is InChI=1S/C11H17NO4/c1-12(5-7-2-3-16-6-7)10(13)8-4-9(8)11(14)15/h7-9H,2-6H2,1H3,(H,14,15). The van der Waals surface area contributed by atoms with Crippen LogP contribution >= 0.6 is 0 Å². The highest BCUT2D eigenvalue weighted by Crippen LogP contribution is 2.40. The highest BCUT2D eigenvalue weighted by molar-refractivity contribution is 5.89. The van der Waals surface area contributed by atoms with Crippen LogP contribution in [-0.4, -0.2) is 48.7 Å². The maximum absolute atomic E-state index is 11.8. The van der Waals surface area contributed by atoms with Crippen molar-refractivity contribution in [2.75, 3.05) is 26.8 Å². The third-order valence-corrected chi connectivity index (χ3v) is 3.36. The molecule has 2 rings (SSSR count). The molecule has 1 aliphatic carbocycles. The van der Waals surface area contributed by atoms with E-state index >= 15 is 0 Å². The van der Waals surface area contributed by atoms with Gasteiger partial charge in [-0.3, -0.25) is 9.59 Å². The summed E-state index contributed by atoms with van der Waals surface area (Å²) in [4.78, 5) is 24.1. The zero-order valence-corrected chi connectivity index (χ0v) is 9.39. The number of nitrogens with zero attached hydrogens (tertiary/aromatic N) is 1. The zero-order valence-electron chi connectivity index (χ0n) is 9.39. The van der Waals surface area contributed by atoms with E-state index in [9.17, 15) is 9.59 Å². The Morgan fingerprint density at radius 1 is 1.44 bits per heavy atom. The molecule has 2 fully saturated rings. The highest BCUT2D eigenvalue weighted by atomic mass is 16.5. The maximum Gasteiger partial charge on any atom is 0.307 e. The molecule has 5 nitrogen and oxygen atoms in total. The van der Waals surface area contributed by atoms with Crippen LogP contribution in [0.25, 0.3) is 0 Å². The van der Waals surface area contributed by atoms with Crippen LogP contribution in [-0.2, 0) is 14.3 Å². The number of hydrogen-bond donors (Lipinski definition) is 1. The molecule has 1 saturated heterocycles. The molecule has 1 aliphatic heterocycles. The molecule has 0 radical (unpaired) electrons. The fourth-order valence-corrected chi connectivity index (χ4v) is 2.23. The summed E-state index contributed by atoms with van der Waals surface area (Å²) in [6.07, 6.45) is 1.49. The summed E-state index contributed by atoms with van der Waals surface area (Å²) in [7, 11) is 1.75. The van der Waals surface area contributed by atoms with Gasteiger partial charge in [0.2, 0.25) is 5.91 Å². The van der Waals surface area contributed by atoms with Crippen molar-refractivity contribution in [2.45, 2.75) is 12.8 Å². The van der Waals surface area contributed by atoms with Crippen molar-refractivity contribution in [2.24, 2.45) is 17.8 Å². The second-order valence-electron chi connectivity index (χ2n) is 4.74. The second-order valence-corrected chi connectivity index (χ2v) is 4.74. The first-order chi connectivity index (χ1) is 7.59. The highest BCUT2D eigenvalue weighted by Gasteiger charge is 2.49. The number of aliphatic carboxylic acids is 1. The summed E-state index contributed by atoms with van der Waals surface area (Å²) < 4.78 is 5.24. The minimum atomic E-state index is -0.851. The largest absolute Gasteiger partial charge is 0.481 e. The van der Waals surface area contributed by atoms with Crippen molar-refractivity contribution in [3.8, 4) is 0 Å². The molecular formula is C11H17NO4. The smallest absolute Gasteiger partial charge is 0.307 e. The van der Waals surface area contributed by atoms with Gasteiger partial charge in [0.25, 0.3) is 0 Å². The molecule has 0 bridgehead atoms. The second kappa shape index (κ2) is 4.41. The van der Waals surface area contributed by atoms with Crippen molar-refractivity contribution in [3.63, 3.8) is 0 Å². The first-order valence-electron chi connectivity index (χ1n) is 5.65. The lowest BCUT2D eigenvalue weighted by atomic mass is 10.1. The molecule has 3 atom stereocenters. The third kappa shape index (κ3) is 2.35. The first kappa shape index (κ1) is 11.4. The summed E-state index contributed by atoms with van der Waals surface area (Å²) in [6.45, 7) is 2.17. The fraction of sp³-hybridized carbons (Fsp3) is 0.818. The van der Waals surface area contributed by atoms with Crippen molar-refractivity contribution in [1.29, 1.82) is 0 Å². The van der Waals surface area contributed by atoms with E-state index in [1.165, 1.54) is 0 Å². The van der Waals surface area contributed by atoms with Gasteiger partial charge in [-0.1, -0.05) is 0 Å². The van der Waals surface area contributed by atoms with Crippen LogP contribution in [0.5, 0.6) is 0 Å². The Bertz CT molecular complexity index is 298. The van der Waals surface area contributed by atoms with Gasteiger partial charge in [-0.25, -0.2) is 0 Å². The first-order valence-corrected chi connectivity index (χ1v) is 5.65. The molecule has 1 amide bonds. The van der Waals surface area contributed by atoms with Gasteiger partial charge in [0.1, 0.15) is 0 Å². The average molecular weight is 227 g/mol. The number of carbonyl (C=O) groups is 2. The Labute approximate surface area is 94.4 Å².